The lowest BCUT2D eigenvalue weighted by Crippen LogP contribution is -2.52. The second kappa shape index (κ2) is 5.54. The molecule has 1 amide bonds. The van der Waals surface area contributed by atoms with Crippen LogP contribution in [0, 0.1) is 0 Å². The summed E-state index contributed by atoms with van der Waals surface area (Å²) in [5, 5.41) is 19.3. The molecule has 5 nitrogen and oxygen atoms in total. The van der Waals surface area contributed by atoms with Crippen LogP contribution in [0.4, 0.5) is 18.0 Å². The van der Waals surface area contributed by atoms with E-state index in [0.29, 0.717) is 0 Å². The minimum Gasteiger partial charge on any atom is -0.444 e. The number of hydrogen-bond donors (Lipinski definition) is 3. The summed E-state index contributed by atoms with van der Waals surface area (Å²) in [5.74, 6) is 0. The highest BCUT2D eigenvalue weighted by Gasteiger charge is 2.44. The molecule has 2 atom stereocenters. The second-order valence-corrected chi connectivity index (χ2v) is 4.42. The van der Waals surface area contributed by atoms with Crippen LogP contribution in [-0.4, -0.2) is 46.8 Å². The van der Waals surface area contributed by atoms with Gasteiger partial charge in [0.25, 0.3) is 0 Å². The first kappa shape index (κ1) is 16.0. The lowest BCUT2D eigenvalue weighted by Gasteiger charge is -2.26. The molecule has 0 unspecified atom stereocenters. The molecule has 0 fully saturated rings. The topological polar surface area (TPSA) is 78.8 Å². The van der Waals surface area contributed by atoms with Crippen molar-refractivity contribution in [3.05, 3.63) is 0 Å². The number of aliphatic hydroxyl groups is 2. The zero-order valence-electron chi connectivity index (χ0n) is 9.71. The summed E-state index contributed by atoms with van der Waals surface area (Å²) in [4.78, 5) is 11.1. The molecule has 0 heterocycles. The Bertz CT molecular complexity index is 262. The van der Waals surface area contributed by atoms with E-state index in [0.717, 1.165) is 0 Å². The zero-order valence-corrected chi connectivity index (χ0v) is 9.71. The number of nitrogens with one attached hydrogen (secondary N) is 1. The zero-order chi connectivity index (χ0) is 13.9. The quantitative estimate of drug-likeness (QED) is 0.700. The van der Waals surface area contributed by atoms with E-state index in [1.165, 1.54) is 20.8 Å². The highest BCUT2D eigenvalue weighted by Crippen LogP contribution is 2.22. The molecular formula is C9H16F3NO4. The van der Waals surface area contributed by atoms with Crippen molar-refractivity contribution in [1.82, 2.24) is 5.32 Å². The van der Waals surface area contributed by atoms with Crippen LogP contribution in [0.2, 0.25) is 0 Å². The number of carbonyl (C=O) groups is 1. The van der Waals surface area contributed by atoms with E-state index in [1.54, 1.807) is 5.32 Å². The smallest absolute Gasteiger partial charge is 0.416 e. The van der Waals surface area contributed by atoms with Crippen LogP contribution in [0.1, 0.15) is 20.8 Å². The van der Waals surface area contributed by atoms with Crippen LogP contribution < -0.4 is 5.32 Å². The molecule has 8 heteroatoms. The van der Waals surface area contributed by atoms with Crippen LogP contribution in [0.3, 0.4) is 0 Å². The first-order valence-electron chi connectivity index (χ1n) is 4.82. The number of amides is 1. The standard InChI is InChI=1S/C9H16F3NO4/c1-8(2,3)17-7(16)13-5(4-14)6(15)9(10,11)12/h5-6,14-15H,4H2,1-3H3,(H,13,16)/t5-,6-/m0/s1. The van der Waals surface area contributed by atoms with E-state index in [-0.39, 0.29) is 0 Å². The van der Waals surface area contributed by atoms with Gasteiger partial charge < -0.3 is 20.3 Å². The van der Waals surface area contributed by atoms with Gasteiger partial charge in [0.05, 0.1) is 12.6 Å². The lowest BCUT2D eigenvalue weighted by atomic mass is 10.1. The van der Waals surface area contributed by atoms with E-state index in [2.05, 4.69) is 0 Å². The van der Waals surface area contributed by atoms with Crippen LogP contribution in [0.5, 0.6) is 0 Å². The molecule has 0 aromatic rings. The molecule has 0 spiro atoms. The van der Waals surface area contributed by atoms with E-state index in [9.17, 15) is 18.0 Å². The van der Waals surface area contributed by atoms with Gasteiger partial charge in [0.2, 0.25) is 0 Å². The van der Waals surface area contributed by atoms with Gasteiger partial charge in [0.15, 0.2) is 6.10 Å². The van der Waals surface area contributed by atoms with E-state index >= 15 is 0 Å². The second-order valence-electron chi connectivity index (χ2n) is 4.42. The third-order valence-corrected chi connectivity index (χ3v) is 1.62. The van der Waals surface area contributed by atoms with Gasteiger partial charge in [-0.05, 0) is 20.8 Å². The molecule has 0 saturated heterocycles. The number of ether oxygens (including phenoxy) is 1. The fourth-order valence-corrected chi connectivity index (χ4v) is 0.911. The predicted molar refractivity (Wildman–Crippen MR) is 52.3 cm³/mol. The van der Waals surface area contributed by atoms with Crippen LogP contribution in [0.15, 0.2) is 0 Å². The van der Waals surface area contributed by atoms with E-state index < -0.39 is 36.6 Å². The highest BCUT2D eigenvalue weighted by molar-refractivity contribution is 5.68. The fourth-order valence-electron chi connectivity index (χ4n) is 0.911. The Labute approximate surface area is 96.6 Å². The van der Waals surface area contributed by atoms with Crippen LogP contribution in [-0.2, 0) is 4.74 Å². The highest BCUT2D eigenvalue weighted by atomic mass is 19.4. The van der Waals surface area contributed by atoms with Gasteiger partial charge in [0.1, 0.15) is 5.60 Å². The summed E-state index contributed by atoms with van der Waals surface area (Å²) in [5.41, 5.74) is -0.882. The summed E-state index contributed by atoms with van der Waals surface area (Å²) >= 11 is 0. The summed E-state index contributed by atoms with van der Waals surface area (Å²) < 4.78 is 41.1. The predicted octanol–water partition coefficient (Wildman–Crippen LogP) is 0.795. The maximum Gasteiger partial charge on any atom is 0.416 e. The van der Waals surface area contributed by atoms with Gasteiger partial charge in [-0.2, -0.15) is 13.2 Å². The number of aliphatic hydroxyl groups excluding tert-OH is 2. The Balaban J connectivity index is 4.47. The van der Waals surface area contributed by atoms with Crippen molar-refractivity contribution in [2.24, 2.45) is 0 Å². The molecule has 0 aliphatic carbocycles. The Morgan fingerprint density at radius 3 is 2.12 bits per heavy atom. The summed E-state index contributed by atoms with van der Waals surface area (Å²) in [6.45, 7) is 3.53. The Morgan fingerprint density at radius 1 is 1.35 bits per heavy atom. The SMILES string of the molecule is CC(C)(C)OC(=O)N[C@@H](CO)[C@H](O)C(F)(F)F. The van der Waals surface area contributed by atoms with Crippen molar-refractivity contribution in [1.29, 1.82) is 0 Å². The van der Waals surface area contributed by atoms with Gasteiger partial charge in [-0.1, -0.05) is 0 Å². The van der Waals surface area contributed by atoms with Gasteiger partial charge in [0, 0.05) is 0 Å². The Morgan fingerprint density at radius 2 is 1.82 bits per heavy atom. The first-order chi connectivity index (χ1) is 7.47. The molecule has 0 radical (unpaired) electrons. The molecule has 0 aromatic heterocycles. The number of hydrogen-bond acceptors (Lipinski definition) is 4. The average Bonchev–Trinajstić information content (AvgIpc) is 2.08. The molecule has 0 saturated carbocycles. The summed E-state index contributed by atoms with van der Waals surface area (Å²) in [7, 11) is 0. The van der Waals surface area contributed by atoms with Crippen LogP contribution in [0.25, 0.3) is 0 Å². The molecule has 0 bridgehead atoms. The molecule has 0 aromatic carbocycles. The van der Waals surface area contributed by atoms with Gasteiger partial charge in [-0.15, -0.1) is 0 Å². The van der Waals surface area contributed by atoms with Crippen molar-refractivity contribution >= 4 is 6.09 Å². The Kier molecular flexibility index (Phi) is 5.21. The normalized spacial score (nSPS) is 16.2. The maximum atomic E-state index is 12.1. The average molecular weight is 259 g/mol. The van der Waals surface area contributed by atoms with Crippen molar-refractivity contribution in [2.75, 3.05) is 6.61 Å². The largest absolute Gasteiger partial charge is 0.444 e. The van der Waals surface area contributed by atoms with Gasteiger partial charge in [-0.3, -0.25) is 0 Å². The van der Waals surface area contributed by atoms with Gasteiger partial charge in [-0.25, -0.2) is 4.79 Å². The third-order valence-electron chi connectivity index (χ3n) is 1.62. The van der Waals surface area contributed by atoms with Gasteiger partial charge >= 0.3 is 12.3 Å². The van der Waals surface area contributed by atoms with E-state index in [4.69, 9.17) is 14.9 Å². The first-order valence-corrected chi connectivity index (χ1v) is 4.82. The number of alkyl carbamates (subject to hydrolysis) is 1. The maximum absolute atomic E-state index is 12.1. The fraction of sp³-hybridized carbons (Fsp3) is 0.889. The number of halogens is 3. The summed E-state index contributed by atoms with van der Waals surface area (Å²) in [6.07, 6.45) is -8.91. The van der Waals surface area contributed by atoms with E-state index in [1.807, 2.05) is 0 Å². The lowest BCUT2D eigenvalue weighted by molar-refractivity contribution is -0.214. The van der Waals surface area contributed by atoms with Crippen molar-refractivity contribution in [3.8, 4) is 0 Å². The number of rotatable bonds is 3. The van der Waals surface area contributed by atoms with Crippen molar-refractivity contribution < 1.29 is 32.9 Å². The summed E-state index contributed by atoms with van der Waals surface area (Å²) in [6, 6.07) is -1.86. The molecule has 102 valence electrons. The molecule has 3 N–H and O–H groups in total. The molecule has 0 aliphatic rings. The molecule has 17 heavy (non-hydrogen) atoms. The van der Waals surface area contributed by atoms with Crippen LogP contribution >= 0.6 is 0 Å². The molecular weight excluding hydrogens is 243 g/mol. The number of carbonyl (C=O) groups excluding carboxylic acids is 1. The van der Waals surface area contributed by atoms with Crippen molar-refractivity contribution in [2.45, 2.75) is 44.7 Å². The molecule has 0 aliphatic heterocycles. The Hall–Kier alpha value is -1.02. The van der Waals surface area contributed by atoms with Crippen molar-refractivity contribution in [3.63, 3.8) is 0 Å². The number of alkyl halides is 3. The minimum atomic E-state index is -4.93. The molecule has 0 rings (SSSR count). The third kappa shape index (κ3) is 6.32. The minimum absolute atomic E-state index is 0.882. The monoisotopic (exact) mass is 259 g/mol.